The Morgan fingerprint density at radius 1 is 0.324 bits per heavy atom. The fourth-order valence-corrected chi connectivity index (χ4v) is 14.5. The van der Waals surface area contributed by atoms with Gasteiger partial charge in [-0.25, -0.2) is 35.1 Å². The number of piperidine rings is 1. The summed E-state index contributed by atoms with van der Waals surface area (Å²) < 4.78 is 246. The SMILES string of the molecule is CC(C)(C)c1cccc(N)c1.CC(C)c1cccc(N)c1.CC(C)c1cccc(N)c1.CC(F)(F)Oc1cccc(N)c1.CC(F)(F)c1cc(N)ccc1C(F)(F)F.CC(F)(F)c1cc(N)ccc1Cl.CC(F)(F)c1cccc(N)c1.CCN1CCN(Cc2ccc(N)cc2C(F)(F)F)CC1.Cc1ccc(N)cc1C(C)(F)F.Cc1cccc(N)c1.Nc1ccc(N2CCCCC2)c(C(F)(F)F)c1.Nc1cccc(C2CC2)c1. The summed E-state index contributed by atoms with van der Waals surface area (Å²) in [7, 11) is 0. The van der Waals surface area contributed by atoms with E-state index in [1.54, 1.807) is 42.2 Å². The Hall–Kier alpha value is -13.3. The van der Waals surface area contributed by atoms with E-state index in [0.717, 1.165) is 125 Å². The van der Waals surface area contributed by atoms with Crippen molar-refractivity contribution in [2.45, 2.75) is 214 Å². The molecule has 16 nitrogen and oxygen atoms in total. The molecule has 1 saturated carbocycles. The highest BCUT2D eigenvalue weighted by Gasteiger charge is 2.41. The number of alkyl halides is 19. The van der Waals surface area contributed by atoms with E-state index in [1.165, 1.54) is 120 Å². The predicted molar refractivity (Wildman–Crippen MR) is 572 cm³/mol. The van der Waals surface area contributed by atoms with Gasteiger partial charge in [0.25, 0.3) is 23.7 Å². The van der Waals surface area contributed by atoms with Crippen LogP contribution in [0.1, 0.15) is 218 Å². The van der Waals surface area contributed by atoms with Crippen molar-refractivity contribution in [2.24, 2.45) is 0 Å². The summed E-state index contributed by atoms with van der Waals surface area (Å²) in [5, 5.41) is 0.0386. The Morgan fingerprint density at radius 3 is 1.05 bits per heavy atom. The van der Waals surface area contributed by atoms with Crippen LogP contribution in [0.15, 0.2) is 261 Å². The zero-order valence-electron chi connectivity index (χ0n) is 86.0. The molecule has 0 amide bonds. The largest absolute Gasteiger partial charge is 0.433 e. The summed E-state index contributed by atoms with van der Waals surface area (Å²) in [6.07, 6.45) is -11.0. The van der Waals surface area contributed by atoms with Crippen LogP contribution in [0, 0.1) is 13.8 Å². The van der Waals surface area contributed by atoms with Crippen molar-refractivity contribution < 1.29 is 88.2 Å². The lowest BCUT2D eigenvalue weighted by molar-refractivity contribution is -0.159. The van der Waals surface area contributed by atoms with E-state index >= 15 is 0 Å². The number of rotatable bonds is 13. The molecule has 1 aliphatic carbocycles. The van der Waals surface area contributed by atoms with E-state index in [1.807, 2.05) is 97.9 Å². The minimum atomic E-state index is -4.80. The van der Waals surface area contributed by atoms with E-state index in [2.05, 4.69) is 100 Å². The number of nitrogens with two attached hydrogens (primary N) is 12. The van der Waals surface area contributed by atoms with Crippen LogP contribution >= 0.6 is 11.6 Å². The van der Waals surface area contributed by atoms with Gasteiger partial charge in [-0.15, -0.1) is 0 Å². The molecule has 15 rings (SSSR count). The molecule has 12 aromatic carbocycles. The van der Waals surface area contributed by atoms with Gasteiger partial charge in [0.1, 0.15) is 5.75 Å². The van der Waals surface area contributed by atoms with E-state index < -0.39 is 70.6 Å². The second kappa shape index (κ2) is 57.3. The molecule has 0 atom stereocenters. The first-order chi connectivity index (χ1) is 68.3. The molecule has 3 aliphatic rings. The third kappa shape index (κ3) is 48.6. The first-order valence-electron chi connectivity index (χ1n) is 47.4. The van der Waals surface area contributed by atoms with Crippen molar-refractivity contribution in [3.05, 3.63) is 344 Å². The lowest BCUT2D eigenvalue weighted by atomic mass is 9.87. The molecule has 0 radical (unpaired) electrons. The number of hydrogen-bond donors (Lipinski definition) is 12. The van der Waals surface area contributed by atoms with Gasteiger partial charge in [-0.3, -0.25) is 4.90 Å². The lowest BCUT2D eigenvalue weighted by Gasteiger charge is -2.34. The van der Waals surface area contributed by atoms with Crippen LogP contribution in [0.25, 0.3) is 0 Å². The second-order valence-electron chi connectivity index (χ2n) is 37.6. The average Bonchev–Trinajstić information content (AvgIpc) is 1.39. The van der Waals surface area contributed by atoms with Crippen LogP contribution < -0.4 is 78.4 Å². The predicted octanol–water partition coefficient (Wildman–Crippen LogP) is 30.5. The van der Waals surface area contributed by atoms with Crippen molar-refractivity contribution >= 4 is 85.5 Å². The van der Waals surface area contributed by atoms with Gasteiger partial charge in [-0.1, -0.05) is 158 Å². The minimum absolute atomic E-state index is 0.00231. The maximum absolute atomic E-state index is 13.0. The molecule has 24 N–H and O–H groups in total. The first-order valence-corrected chi connectivity index (χ1v) is 47.8. The number of ether oxygens (including phenoxy) is 1. The number of hydrogen-bond acceptors (Lipinski definition) is 16. The number of halogens is 20. The highest BCUT2D eigenvalue weighted by Crippen LogP contribution is 2.44. The molecule has 3 fully saturated rings. The van der Waals surface area contributed by atoms with Crippen LogP contribution in [0.3, 0.4) is 0 Å². The normalized spacial score (nSPS) is 13.3. The van der Waals surface area contributed by atoms with Gasteiger partial charge in [0, 0.05) is 188 Å². The topological polar surface area (TPSA) is 331 Å². The Kier molecular flexibility index (Phi) is 49.2. The molecule has 36 heteroatoms. The van der Waals surface area contributed by atoms with Crippen LogP contribution in [-0.2, 0) is 54.2 Å². The molecule has 0 aromatic heterocycles. The van der Waals surface area contributed by atoms with E-state index in [4.69, 9.17) is 80.4 Å². The number of benzene rings is 12. The highest BCUT2D eigenvalue weighted by atomic mass is 35.5. The lowest BCUT2D eigenvalue weighted by Crippen LogP contribution is -2.45. The smallest absolute Gasteiger partial charge is 0.418 e. The molecule has 12 aromatic rings. The fraction of sp³-hybridized carbons (Fsp3) is 0.357. The summed E-state index contributed by atoms with van der Waals surface area (Å²) in [5.41, 5.74) is 75.2. The second-order valence-corrected chi connectivity index (χ2v) is 38.0. The molecule has 148 heavy (non-hydrogen) atoms. The first kappa shape index (κ1) is 127. The van der Waals surface area contributed by atoms with Gasteiger partial charge in [0.2, 0.25) is 0 Å². The van der Waals surface area contributed by atoms with Crippen molar-refractivity contribution in [2.75, 3.05) is 120 Å². The molecule has 0 bridgehead atoms. The third-order valence-corrected chi connectivity index (χ3v) is 22.6. The zero-order valence-corrected chi connectivity index (χ0v) is 86.7. The zero-order chi connectivity index (χ0) is 112. The van der Waals surface area contributed by atoms with Gasteiger partial charge < -0.3 is 83.3 Å². The maximum Gasteiger partial charge on any atom is 0.418 e. The molecular weight excluding hydrogens is 1970 g/mol. The number of piperazine rings is 1. The van der Waals surface area contributed by atoms with Crippen LogP contribution in [-0.4, -0.2) is 61.7 Å². The van der Waals surface area contributed by atoms with Gasteiger partial charge in [-0.05, 0) is 278 Å². The van der Waals surface area contributed by atoms with Gasteiger partial charge in [0.15, 0.2) is 0 Å². The summed E-state index contributed by atoms with van der Waals surface area (Å²) in [6, 6.07) is 70.5. The standard InChI is InChI=1S/C14H20F3N3.C12H15F3N2.C10H15N.C9H8F5N.C9H11F2N.C9H11N.2C9H13N.C8H8ClF2N.C8H9F2NO.C8H9F2N.C7H9N/c1-2-19-5-7-20(8-6-19)10-11-3-4-12(18)9-13(11)14(15,16)17;13-12(14,15)10-8-9(16)4-5-11(10)17-6-2-1-3-7-17;1-10(2,3)8-5-4-6-9(11)7-8;1-8(10,11)7-4-5(15)2-3-6(7)9(12,13)14;1-6-3-4-7(12)5-8(6)9(2,10)11;10-9-3-1-2-8(6-9)7-4-5-7;2*1-7(2)8-4-3-5-9(10)6-8;1-8(10,11)6-4-5(12)2-3-7(6)9;1-8(9,10)12-7-4-2-3-6(11)5-7;1-8(9,10)6-3-2-4-7(11)5-6;1-6-3-2-4-7(8)5-6/h3-4,9H,2,5-8,10,18H2,1H3;4-5,8H,1-3,6-7,16H2;4-7H,11H2,1-3H3;2-4H,15H2,1H3;3-5H,12H2,1-2H3;1-3,6-7H,4-5,10H2;2*3-7H,10H2,1-2H3;2-4H,12H2,1H3;2-5H,11H2,1H3;2-5H,11H2,1H3;2-5H,8H2,1H3. The van der Waals surface area contributed by atoms with Crippen LogP contribution in [0.5, 0.6) is 5.75 Å². The van der Waals surface area contributed by atoms with Crippen molar-refractivity contribution in [3.8, 4) is 5.75 Å². The quantitative estimate of drug-likeness (QED) is 0.0377. The Morgan fingerprint density at radius 2 is 0.689 bits per heavy atom. The van der Waals surface area contributed by atoms with E-state index in [9.17, 15) is 83.4 Å². The van der Waals surface area contributed by atoms with Crippen LogP contribution in [0.2, 0.25) is 5.02 Å². The van der Waals surface area contributed by atoms with E-state index in [-0.39, 0.29) is 61.3 Å². The van der Waals surface area contributed by atoms with Crippen LogP contribution in [0.4, 0.5) is 157 Å². The summed E-state index contributed by atoms with van der Waals surface area (Å²) in [6.45, 7) is 30.6. The van der Waals surface area contributed by atoms with E-state index in [0.29, 0.717) is 85.6 Å². The molecule has 810 valence electrons. The number of nitrogen functional groups attached to an aromatic ring is 12. The molecular formula is C112H141ClF19N15O. The maximum atomic E-state index is 13.0. The van der Waals surface area contributed by atoms with Crippen molar-refractivity contribution in [1.82, 2.24) is 9.80 Å². The third-order valence-electron chi connectivity index (χ3n) is 22.2. The average molecular weight is 2110 g/mol. The summed E-state index contributed by atoms with van der Waals surface area (Å²) in [5.74, 6) is -10.1. The van der Waals surface area contributed by atoms with Crippen molar-refractivity contribution in [1.29, 1.82) is 0 Å². The Bertz CT molecular complexity index is 5770. The fourth-order valence-electron chi connectivity index (χ4n) is 14.2. The monoisotopic (exact) mass is 2110 g/mol. The number of anilines is 13. The summed E-state index contributed by atoms with van der Waals surface area (Å²) in [4.78, 5) is 6.16. The Balaban J connectivity index is 0.000000339. The van der Waals surface area contributed by atoms with Gasteiger partial charge >= 0.3 is 24.6 Å². The molecule has 0 unspecified atom stereocenters. The molecule has 2 saturated heterocycles. The highest BCUT2D eigenvalue weighted by molar-refractivity contribution is 6.31. The minimum Gasteiger partial charge on any atom is -0.433 e. The van der Waals surface area contributed by atoms with Gasteiger partial charge in [-0.2, -0.15) is 48.3 Å². The molecule has 0 spiro atoms. The molecule has 2 aliphatic heterocycles. The van der Waals surface area contributed by atoms with Crippen molar-refractivity contribution in [3.63, 3.8) is 0 Å². The number of nitrogens with zero attached hydrogens (tertiary/aromatic N) is 3. The Labute approximate surface area is 862 Å². The van der Waals surface area contributed by atoms with Gasteiger partial charge in [0.05, 0.1) is 16.7 Å². The number of aryl methyl sites for hydroxylation is 2. The molecule has 2 heterocycles. The number of likely N-dealkylation sites (N-methyl/N-ethyl adjacent to an activating group) is 1. The summed E-state index contributed by atoms with van der Waals surface area (Å²) >= 11 is 5.55.